The number of phenols is 1. The number of phenolic OH excluding ortho intramolecular Hbond substituents is 1. The van der Waals surface area contributed by atoms with Gasteiger partial charge in [0.05, 0.1) is 30.4 Å². The predicted molar refractivity (Wildman–Crippen MR) is 121 cm³/mol. The Labute approximate surface area is 214 Å². The molecule has 2 heterocycles. The highest BCUT2D eigenvalue weighted by atomic mass is 16.8. The molecule has 14 heteroatoms. The first-order valence-corrected chi connectivity index (χ1v) is 11.4. The molecule has 6 N–H and O–H groups in total. The van der Waals surface area contributed by atoms with Gasteiger partial charge in [0, 0.05) is 11.5 Å². The van der Waals surface area contributed by atoms with Crippen LogP contribution in [0.4, 0.5) is 0 Å². The molecule has 8 atom stereocenters. The standard InChI is InChI=1S/C24H26O14/c1-34-14-6-9(2-5-13(14)25)22(33)35-8-15-17(26)18(27)19(28)24(37-15)38-23-16-10(3-4-11(16)20(29)30)12(7-36-23)21(31)32/h2,4-7,10,15-19,23-28H,3,8H2,1H3,(H,29,30)(H,31,32)/t10-,15-,16+,17-,18+,19-,23+,24+/m1/s1. The van der Waals surface area contributed by atoms with E-state index in [9.17, 15) is 45.0 Å². The normalized spacial score (nSPS) is 32.3. The van der Waals surface area contributed by atoms with Crippen molar-refractivity contribution in [3.8, 4) is 11.5 Å². The first kappa shape index (κ1) is 27.3. The van der Waals surface area contributed by atoms with E-state index in [-0.39, 0.29) is 34.6 Å². The van der Waals surface area contributed by atoms with Crippen molar-refractivity contribution < 1.29 is 68.7 Å². The Balaban J connectivity index is 1.47. The molecule has 0 aromatic heterocycles. The number of carbonyl (C=O) groups excluding carboxylic acids is 1. The van der Waals surface area contributed by atoms with Crippen LogP contribution in [-0.2, 0) is 28.5 Å². The van der Waals surface area contributed by atoms with Crippen LogP contribution in [0.25, 0.3) is 0 Å². The van der Waals surface area contributed by atoms with Gasteiger partial charge >= 0.3 is 17.9 Å². The lowest BCUT2D eigenvalue weighted by Crippen LogP contribution is -2.60. The van der Waals surface area contributed by atoms with E-state index in [0.717, 1.165) is 6.26 Å². The average Bonchev–Trinajstić information content (AvgIpc) is 3.34. The zero-order valence-electron chi connectivity index (χ0n) is 19.9. The molecule has 1 aromatic carbocycles. The summed E-state index contributed by atoms with van der Waals surface area (Å²) < 4.78 is 26.7. The first-order valence-electron chi connectivity index (χ1n) is 11.4. The fourth-order valence-corrected chi connectivity index (χ4v) is 4.62. The number of rotatable bonds is 8. The Morgan fingerprint density at radius 1 is 1.00 bits per heavy atom. The summed E-state index contributed by atoms with van der Waals surface area (Å²) in [4.78, 5) is 35.8. The Kier molecular flexibility index (Phi) is 7.89. The summed E-state index contributed by atoms with van der Waals surface area (Å²) >= 11 is 0. The zero-order chi connectivity index (χ0) is 27.7. The number of hydrogen-bond acceptors (Lipinski definition) is 12. The lowest BCUT2D eigenvalue weighted by molar-refractivity contribution is -0.339. The molecule has 0 amide bonds. The third kappa shape index (κ3) is 5.16. The average molecular weight is 538 g/mol. The highest BCUT2D eigenvalue weighted by Crippen LogP contribution is 2.44. The van der Waals surface area contributed by atoms with Crippen molar-refractivity contribution in [2.24, 2.45) is 11.8 Å². The molecule has 1 aliphatic carbocycles. The Bertz CT molecular complexity index is 1160. The number of allylic oxidation sites excluding steroid dienone is 1. The van der Waals surface area contributed by atoms with Gasteiger partial charge in [0.2, 0.25) is 6.29 Å². The number of carbonyl (C=O) groups is 3. The number of methoxy groups -OCH3 is 1. The molecule has 0 spiro atoms. The quantitative estimate of drug-likeness (QED) is 0.227. The van der Waals surface area contributed by atoms with Crippen LogP contribution >= 0.6 is 0 Å². The number of esters is 1. The minimum absolute atomic E-state index is 0.00947. The maximum absolute atomic E-state index is 12.5. The summed E-state index contributed by atoms with van der Waals surface area (Å²) in [5.74, 6) is -5.50. The number of aliphatic hydroxyl groups is 3. The maximum atomic E-state index is 12.5. The third-order valence-electron chi connectivity index (χ3n) is 6.63. The van der Waals surface area contributed by atoms with Crippen molar-refractivity contribution in [2.75, 3.05) is 13.7 Å². The van der Waals surface area contributed by atoms with Crippen LogP contribution in [0.2, 0.25) is 0 Å². The number of ether oxygens (including phenoxy) is 5. The van der Waals surface area contributed by atoms with Gasteiger partial charge in [-0.15, -0.1) is 0 Å². The number of aliphatic carboxylic acids is 2. The van der Waals surface area contributed by atoms with Gasteiger partial charge in [0.15, 0.2) is 17.8 Å². The molecule has 2 aliphatic heterocycles. The first-order chi connectivity index (χ1) is 18.0. The zero-order valence-corrected chi connectivity index (χ0v) is 19.9. The van der Waals surface area contributed by atoms with Crippen molar-refractivity contribution in [1.29, 1.82) is 0 Å². The third-order valence-corrected chi connectivity index (χ3v) is 6.63. The molecule has 1 saturated heterocycles. The molecule has 1 fully saturated rings. The Hall–Kier alpha value is -3.69. The molecule has 1 aromatic rings. The van der Waals surface area contributed by atoms with E-state index in [2.05, 4.69) is 0 Å². The van der Waals surface area contributed by atoms with Gasteiger partial charge in [-0.3, -0.25) is 0 Å². The van der Waals surface area contributed by atoms with Crippen LogP contribution in [0.1, 0.15) is 16.8 Å². The fourth-order valence-electron chi connectivity index (χ4n) is 4.62. The number of aromatic hydroxyl groups is 1. The number of fused-ring (bicyclic) bond motifs is 1. The van der Waals surface area contributed by atoms with Crippen LogP contribution in [-0.4, -0.2) is 99.3 Å². The van der Waals surface area contributed by atoms with Crippen molar-refractivity contribution in [3.05, 3.63) is 47.2 Å². The summed E-state index contributed by atoms with van der Waals surface area (Å²) in [5, 5.41) is 59.9. The fraction of sp³-hybridized carbons (Fsp3) is 0.458. The van der Waals surface area contributed by atoms with E-state index in [1.54, 1.807) is 0 Å². The van der Waals surface area contributed by atoms with E-state index >= 15 is 0 Å². The highest BCUT2D eigenvalue weighted by Gasteiger charge is 2.51. The molecule has 3 aliphatic rings. The molecule has 0 saturated carbocycles. The number of carboxylic acid groups (broad SMARTS) is 2. The molecule has 38 heavy (non-hydrogen) atoms. The van der Waals surface area contributed by atoms with Crippen LogP contribution in [0.5, 0.6) is 11.5 Å². The molecular weight excluding hydrogens is 512 g/mol. The Morgan fingerprint density at radius 2 is 1.71 bits per heavy atom. The largest absolute Gasteiger partial charge is 0.504 e. The van der Waals surface area contributed by atoms with E-state index in [4.69, 9.17) is 23.7 Å². The second kappa shape index (κ2) is 11.0. The van der Waals surface area contributed by atoms with E-state index in [1.807, 2.05) is 0 Å². The summed E-state index contributed by atoms with van der Waals surface area (Å²) in [6.07, 6.45) is -7.42. The van der Waals surface area contributed by atoms with Gasteiger partial charge in [-0.2, -0.15) is 0 Å². The monoisotopic (exact) mass is 538 g/mol. The van der Waals surface area contributed by atoms with Crippen LogP contribution < -0.4 is 4.74 Å². The van der Waals surface area contributed by atoms with Crippen molar-refractivity contribution >= 4 is 17.9 Å². The summed E-state index contributed by atoms with van der Waals surface area (Å²) in [5.41, 5.74) is -0.290. The van der Waals surface area contributed by atoms with E-state index in [1.165, 1.54) is 31.4 Å². The topological polar surface area (TPSA) is 219 Å². The van der Waals surface area contributed by atoms with Gasteiger partial charge in [-0.05, 0) is 24.6 Å². The van der Waals surface area contributed by atoms with Crippen molar-refractivity contribution in [1.82, 2.24) is 0 Å². The van der Waals surface area contributed by atoms with Gasteiger partial charge in [-0.1, -0.05) is 6.08 Å². The lowest BCUT2D eigenvalue weighted by atomic mass is 9.83. The summed E-state index contributed by atoms with van der Waals surface area (Å²) in [6, 6.07) is 3.72. The Morgan fingerprint density at radius 3 is 2.37 bits per heavy atom. The molecule has 206 valence electrons. The number of hydrogen-bond donors (Lipinski definition) is 6. The molecule has 14 nitrogen and oxygen atoms in total. The van der Waals surface area contributed by atoms with Crippen molar-refractivity contribution in [2.45, 2.75) is 43.4 Å². The second-order valence-electron chi connectivity index (χ2n) is 8.85. The van der Waals surface area contributed by atoms with Gasteiger partial charge in [-0.25, -0.2) is 14.4 Å². The number of aliphatic hydroxyl groups excluding tert-OH is 3. The van der Waals surface area contributed by atoms with Crippen LogP contribution in [0.3, 0.4) is 0 Å². The van der Waals surface area contributed by atoms with E-state index < -0.39 is 73.3 Å². The smallest absolute Gasteiger partial charge is 0.338 e. The summed E-state index contributed by atoms with van der Waals surface area (Å²) in [6.45, 7) is -0.590. The van der Waals surface area contributed by atoms with Gasteiger partial charge in [0.25, 0.3) is 0 Å². The number of carboxylic acids is 2. The van der Waals surface area contributed by atoms with Crippen LogP contribution in [0.15, 0.2) is 41.7 Å². The predicted octanol–water partition coefficient (Wildman–Crippen LogP) is -0.646. The summed E-state index contributed by atoms with van der Waals surface area (Å²) in [7, 11) is 1.29. The van der Waals surface area contributed by atoms with E-state index in [0.29, 0.717) is 0 Å². The minimum atomic E-state index is -1.82. The molecular formula is C24H26O14. The molecule has 0 radical (unpaired) electrons. The van der Waals surface area contributed by atoms with Gasteiger partial charge in [0.1, 0.15) is 31.0 Å². The lowest BCUT2D eigenvalue weighted by Gasteiger charge is -2.42. The SMILES string of the molecule is COc1cc(C(=O)OC[C@H]2O[C@@H](O[C@@H]3OC=C(C(=O)O)[C@H]4CC=C(C(=O)O)[C@@H]34)[C@H](O)[C@@H](O)[C@@H]2O)ccc1O. The number of benzene rings is 1. The van der Waals surface area contributed by atoms with Crippen LogP contribution in [0, 0.1) is 11.8 Å². The van der Waals surface area contributed by atoms with Gasteiger partial charge < -0.3 is 54.3 Å². The molecule has 0 bridgehead atoms. The molecule has 0 unspecified atom stereocenters. The second-order valence-corrected chi connectivity index (χ2v) is 8.85. The maximum Gasteiger partial charge on any atom is 0.338 e. The van der Waals surface area contributed by atoms with Crippen molar-refractivity contribution in [3.63, 3.8) is 0 Å². The minimum Gasteiger partial charge on any atom is -0.504 e. The highest BCUT2D eigenvalue weighted by molar-refractivity contribution is 5.91. The molecule has 4 rings (SSSR count).